The van der Waals surface area contributed by atoms with Crippen LogP contribution in [0.2, 0.25) is 5.02 Å². The molecule has 0 bridgehead atoms. The molecule has 1 nitrogen and oxygen atoms in total. The molecule has 1 aliphatic rings. The summed E-state index contributed by atoms with van der Waals surface area (Å²) >= 11 is 5.80. The molecule has 2 N–H and O–H groups in total. The Morgan fingerprint density at radius 1 is 1.50 bits per heavy atom. The van der Waals surface area contributed by atoms with E-state index in [2.05, 4.69) is 0 Å². The van der Waals surface area contributed by atoms with Gasteiger partial charge in [-0.3, -0.25) is 0 Å². The van der Waals surface area contributed by atoms with Crippen molar-refractivity contribution < 1.29 is 8.78 Å². The first-order valence-corrected chi connectivity index (χ1v) is 5.75. The Bertz CT molecular complexity index is 397. The zero-order valence-electron chi connectivity index (χ0n) is 8.85. The molecule has 0 radical (unpaired) electrons. The lowest BCUT2D eigenvalue weighted by Gasteiger charge is -2.20. The molecule has 0 heterocycles. The maximum atomic E-state index is 14.3. The first-order chi connectivity index (χ1) is 7.50. The Morgan fingerprint density at radius 2 is 2.25 bits per heavy atom. The summed E-state index contributed by atoms with van der Waals surface area (Å²) in [5.74, 6) is -0.495. The maximum absolute atomic E-state index is 14.3. The summed E-state index contributed by atoms with van der Waals surface area (Å²) in [6.07, 6.45) is 1.60. The van der Waals surface area contributed by atoms with Gasteiger partial charge in [-0.05, 0) is 30.9 Å². The van der Waals surface area contributed by atoms with Gasteiger partial charge in [0.05, 0.1) is 5.02 Å². The molecule has 4 heteroatoms. The van der Waals surface area contributed by atoms with Crippen LogP contribution in [0.4, 0.5) is 8.78 Å². The number of rotatable bonds is 2. The van der Waals surface area contributed by atoms with Crippen molar-refractivity contribution in [3.05, 3.63) is 34.6 Å². The number of benzene rings is 1. The lowest BCUT2D eigenvalue weighted by Crippen LogP contribution is -2.25. The lowest BCUT2D eigenvalue weighted by molar-refractivity contribution is 0.170. The number of nitrogens with two attached hydrogens (primary N) is 1. The SMILES string of the molecule is NC1CCC(F)(Cc2cccc(F)c2Cl)C1. The van der Waals surface area contributed by atoms with Gasteiger partial charge in [-0.1, -0.05) is 23.7 Å². The van der Waals surface area contributed by atoms with Gasteiger partial charge in [-0.25, -0.2) is 8.78 Å². The smallest absolute Gasteiger partial charge is 0.142 e. The van der Waals surface area contributed by atoms with Gasteiger partial charge in [0.25, 0.3) is 0 Å². The standard InChI is InChI=1S/C12H14ClF2N/c13-11-8(2-1-3-10(11)14)6-12(15)5-4-9(16)7-12/h1-3,9H,4-7,16H2. The van der Waals surface area contributed by atoms with Crippen molar-refractivity contribution in [2.45, 2.75) is 37.4 Å². The summed E-state index contributed by atoms with van der Waals surface area (Å²) in [6.45, 7) is 0. The molecular weight excluding hydrogens is 232 g/mol. The van der Waals surface area contributed by atoms with Crippen molar-refractivity contribution in [2.24, 2.45) is 5.73 Å². The summed E-state index contributed by atoms with van der Waals surface area (Å²) in [4.78, 5) is 0. The Kier molecular flexibility index (Phi) is 3.17. The third kappa shape index (κ3) is 2.36. The van der Waals surface area contributed by atoms with Crippen molar-refractivity contribution in [2.75, 3.05) is 0 Å². The van der Waals surface area contributed by atoms with Crippen LogP contribution in [0, 0.1) is 5.82 Å². The van der Waals surface area contributed by atoms with Gasteiger partial charge in [-0.2, -0.15) is 0 Å². The maximum Gasteiger partial charge on any atom is 0.142 e. The molecule has 0 spiro atoms. The second kappa shape index (κ2) is 4.30. The fraction of sp³-hybridized carbons (Fsp3) is 0.500. The second-order valence-corrected chi connectivity index (χ2v) is 4.92. The van der Waals surface area contributed by atoms with Gasteiger partial charge in [0.15, 0.2) is 0 Å². The van der Waals surface area contributed by atoms with Crippen molar-refractivity contribution in [3.8, 4) is 0 Å². The molecule has 2 unspecified atom stereocenters. The van der Waals surface area contributed by atoms with Gasteiger partial charge in [0, 0.05) is 12.5 Å². The topological polar surface area (TPSA) is 26.0 Å². The van der Waals surface area contributed by atoms with Crippen LogP contribution in [0.15, 0.2) is 18.2 Å². The Morgan fingerprint density at radius 3 is 2.88 bits per heavy atom. The van der Waals surface area contributed by atoms with Gasteiger partial charge in [0.1, 0.15) is 11.5 Å². The summed E-state index contributed by atoms with van der Waals surface area (Å²) < 4.78 is 27.5. The van der Waals surface area contributed by atoms with Crippen molar-refractivity contribution in [3.63, 3.8) is 0 Å². The molecule has 1 saturated carbocycles. The predicted octanol–water partition coefficient (Wildman–Crippen LogP) is 3.24. The van der Waals surface area contributed by atoms with Crippen molar-refractivity contribution in [1.29, 1.82) is 0 Å². The Labute approximate surface area is 98.6 Å². The van der Waals surface area contributed by atoms with Crippen LogP contribution in [0.25, 0.3) is 0 Å². The molecule has 2 rings (SSSR count). The summed E-state index contributed by atoms with van der Waals surface area (Å²) in [6, 6.07) is 4.40. The third-order valence-corrected chi connectivity index (χ3v) is 3.55. The van der Waals surface area contributed by atoms with E-state index in [-0.39, 0.29) is 17.5 Å². The fourth-order valence-electron chi connectivity index (χ4n) is 2.30. The lowest BCUT2D eigenvalue weighted by atomic mass is 9.94. The molecule has 0 aliphatic heterocycles. The van der Waals surface area contributed by atoms with E-state index in [9.17, 15) is 8.78 Å². The molecule has 0 amide bonds. The molecule has 1 fully saturated rings. The molecular formula is C12H14ClF2N. The van der Waals surface area contributed by atoms with E-state index in [1.165, 1.54) is 6.07 Å². The molecule has 88 valence electrons. The zero-order chi connectivity index (χ0) is 11.8. The highest BCUT2D eigenvalue weighted by atomic mass is 35.5. The third-order valence-electron chi connectivity index (χ3n) is 3.13. The summed E-state index contributed by atoms with van der Waals surface area (Å²) in [5.41, 5.74) is 4.89. The van der Waals surface area contributed by atoms with E-state index >= 15 is 0 Å². The monoisotopic (exact) mass is 245 g/mol. The van der Waals surface area contributed by atoms with Crippen LogP contribution in [0.5, 0.6) is 0 Å². The summed E-state index contributed by atoms with van der Waals surface area (Å²) in [7, 11) is 0. The average Bonchev–Trinajstić information content (AvgIpc) is 2.54. The van der Waals surface area contributed by atoms with E-state index in [0.717, 1.165) is 0 Å². The quantitative estimate of drug-likeness (QED) is 0.851. The van der Waals surface area contributed by atoms with Gasteiger partial charge >= 0.3 is 0 Å². The molecule has 0 saturated heterocycles. The minimum absolute atomic E-state index is 0.0278. The second-order valence-electron chi connectivity index (χ2n) is 4.54. The highest BCUT2D eigenvalue weighted by Crippen LogP contribution is 2.37. The van der Waals surface area contributed by atoms with Crippen LogP contribution >= 0.6 is 11.6 Å². The van der Waals surface area contributed by atoms with Crippen molar-refractivity contribution >= 4 is 11.6 Å². The first kappa shape index (κ1) is 11.8. The van der Waals surface area contributed by atoms with E-state index in [0.29, 0.717) is 24.8 Å². The number of hydrogen-bond donors (Lipinski definition) is 1. The highest BCUT2D eigenvalue weighted by molar-refractivity contribution is 6.31. The number of alkyl halides is 1. The molecule has 16 heavy (non-hydrogen) atoms. The molecule has 1 aliphatic carbocycles. The largest absolute Gasteiger partial charge is 0.328 e. The minimum Gasteiger partial charge on any atom is -0.328 e. The van der Waals surface area contributed by atoms with Gasteiger partial charge < -0.3 is 5.73 Å². The molecule has 0 aromatic heterocycles. The predicted molar refractivity (Wildman–Crippen MR) is 60.8 cm³/mol. The number of halogens is 3. The van der Waals surface area contributed by atoms with E-state index in [4.69, 9.17) is 17.3 Å². The van der Waals surface area contributed by atoms with Crippen LogP contribution in [-0.2, 0) is 6.42 Å². The normalized spacial score (nSPS) is 29.6. The van der Waals surface area contributed by atoms with Crippen molar-refractivity contribution in [1.82, 2.24) is 0 Å². The molecule has 2 atom stereocenters. The Hall–Kier alpha value is -0.670. The van der Waals surface area contributed by atoms with Gasteiger partial charge in [-0.15, -0.1) is 0 Å². The van der Waals surface area contributed by atoms with Crippen LogP contribution in [-0.4, -0.2) is 11.7 Å². The van der Waals surface area contributed by atoms with Crippen LogP contribution < -0.4 is 5.73 Å². The molecule has 1 aromatic rings. The first-order valence-electron chi connectivity index (χ1n) is 5.38. The average molecular weight is 246 g/mol. The number of hydrogen-bond acceptors (Lipinski definition) is 1. The van der Waals surface area contributed by atoms with Crippen LogP contribution in [0.1, 0.15) is 24.8 Å². The minimum atomic E-state index is -1.32. The fourth-order valence-corrected chi connectivity index (χ4v) is 2.50. The highest BCUT2D eigenvalue weighted by Gasteiger charge is 2.38. The van der Waals surface area contributed by atoms with Crippen LogP contribution in [0.3, 0.4) is 0 Å². The van der Waals surface area contributed by atoms with E-state index < -0.39 is 11.5 Å². The zero-order valence-corrected chi connectivity index (χ0v) is 9.61. The van der Waals surface area contributed by atoms with E-state index in [1.807, 2.05) is 0 Å². The molecule has 1 aromatic carbocycles. The van der Waals surface area contributed by atoms with Gasteiger partial charge in [0.2, 0.25) is 0 Å². The summed E-state index contributed by atoms with van der Waals surface area (Å²) in [5, 5.41) is 0.0278. The van der Waals surface area contributed by atoms with E-state index in [1.54, 1.807) is 12.1 Å². The Balaban J connectivity index is 2.18.